The second-order valence-electron chi connectivity index (χ2n) is 2.99. The summed E-state index contributed by atoms with van der Waals surface area (Å²) in [5.41, 5.74) is 1.38. The van der Waals surface area contributed by atoms with Crippen molar-refractivity contribution in [2.24, 2.45) is 0 Å². The number of H-pyrrole nitrogens is 1. The minimum absolute atomic E-state index is 0. The van der Waals surface area contributed by atoms with Crippen molar-refractivity contribution in [2.45, 2.75) is 0 Å². The molecule has 2 aromatic rings. The van der Waals surface area contributed by atoms with Gasteiger partial charge < -0.3 is 19.8 Å². The van der Waals surface area contributed by atoms with Gasteiger partial charge in [-0.3, -0.25) is 0 Å². The van der Waals surface area contributed by atoms with Crippen molar-refractivity contribution in [1.29, 1.82) is 0 Å². The van der Waals surface area contributed by atoms with Gasteiger partial charge in [-0.05, 0) is 18.2 Å². The van der Waals surface area contributed by atoms with Crippen LogP contribution in [0.4, 0.5) is 0 Å². The van der Waals surface area contributed by atoms with Crippen LogP contribution < -0.4 is 0 Å². The highest BCUT2D eigenvalue weighted by Crippen LogP contribution is 2.24. The molecular formula is C10H10BBrNO4. The summed E-state index contributed by atoms with van der Waals surface area (Å²) in [7, 11) is 1.36. The molecule has 0 aliphatic heterocycles. The number of ether oxygens (including phenoxy) is 1. The molecule has 17 heavy (non-hydrogen) atoms. The van der Waals surface area contributed by atoms with Crippen LogP contribution in [0.1, 0.15) is 10.5 Å². The largest absolute Gasteiger partial charge is 0.482 e. The van der Waals surface area contributed by atoms with E-state index in [9.17, 15) is 4.79 Å². The van der Waals surface area contributed by atoms with Crippen molar-refractivity contribution < 1.29 is 19.6 Å². The number of rotatable bonds is 1. The molecule has 0 atom stereocenters. The number of methoxy groups -OCH3 is 1. The fourth-order valence-electron chi connectivity index (χ4n) is 1.34. The second-order valence-corrected chi connectivity index (χ2v) is 3.85. The number of nitrogens with one attached hydrogen (secondary N) is 1. The zero-order valence-electron chi connectivity index (χ0n) is 8.98. The molecule has 2 rings (SSSR count). The first-order chi connectivity index (χ1) is 8.13. The van der Waals surface area contributed by atoms with E-state index in [4.69, 9.17) is 10.0 Å². The molecule has 1 aromatic carbocycles. The predicted octanol–water partition coefficient (Wildman–Crippen LogP) is 1.22. The number of fused-ring (bicyclic) bond motifs is 1. The number of carbonyl (C=O) groups excluding carboxylic acids is 1. The molecule has 0 aliphatic rings. The molecule has 0 saturated heterocycles. The van der Waals surface area contributed by atoms with Crippen molar-refractivity contribution in [2.75, 3.05) is 7.11 Å². The molecular weight excluding hydrogens is 289 g/mol. The summed E-state index contributed by atoms with van der Waals surface area (Å²) in [6.07, 6.45) is 0. The minimum atomic E-state index is -0.354. The van der Waals surface area contributed by atoms with Crippen molar-refractivity contribution in [1.82, 2.24) is 4.98 Å². The fraction of sp³-hybridized carbons (Fsp3) is 0.100. The van der Waals surface area contributed by atoms with Gasteiger partial charge in [0, 0.05) is 15.4 Å². The molecule has 0 amide bonds. The van der Waals surface area contributed by atoms with E-state index in [0.717, 1.165) is 15.4 Å². The summed E-state index contributed by atoms with van der Waals surface area (Å²) in [5, 5.41) is 15.0. The zero-order valence-corrected chi connectivity index (χ0v) is 10.6. The molecule has 7 heteroatoms. The standard InChI is InChI=1S/C10H8BrNO2.BH2O2/c1-14-10(13)9-5-6-7(11)3-2-4-8(6)12-9;2-1-3/h2-5,12H,1H3;2-3H. The van der Waals surface area contributed by atoms with Crippen molar-refractivity contribution in [3.8, 4) is 0 Å². The third-order valence-electron chi connectivity index (χ3n) is 2.02. The molecule has 0 saturated carbocycles. The molecule has 0 unspecified atom stereocenters. The molecule has 5 nitrogen and oxygen atoms in total. The first kappa shape index (κ1) is 13.8. The number of benzene rings is 1. The Morgan fingerprint density at radius 2 is 2.12 bits per heavy atom. The van der Waals surface area contributed by atoms with Crippen LogP contribution >= 0.6 is 15.9 Å². The summed E-state index contributed by atoms with van der Waals surface area (Å²) in [4.78, 5) is 14.2. The van der Waals surface area contributed by atoms with Crippen LogP contribution in [-0.2, 0) is 4.74 Å². The highest BCUT2D eigenvalue weighted by molar-refractivity contribution is 9.10. The Balaban J connectivity index is 0.000000437. The first-order valence-corrected chi connectivity index (χ1v) is 5.39. The summed E-state index contributed by atoms with van der Waals surface area (Å²) in [5.74, 6) is -0.354. The lowest BCUT2D eigenvalue weighted by molar-refractivity contribution is 0.0595. The third kappa shape index (κ3) is 3.32. The number of aromatic nitrogens is 1. The van der Waals surface area contributed by atoms with Gasteiger partial charge in [-0.25, -0.2) is 4.79 Å². The second kappa shape index (κ2) is 6.44. The van der Waals surface area contributed by atoms with E-state index in [1.807, 2.05) is 18.2 Å². The topological polar surface area (TPSA) is 82.6 Å². The van der Waals surface area contributed by atoms with Crippen LogP contribution in [0, 0.1) is 0 Å². The van der Waals surface area contributed by atoms with Crippen LogP contribution in [0.25, 0.3) is 10.9 Å². The maximum atomic E-state index is 11.2. The average molecular weight is 299 g/mol. The smallest absolute Gasteiger partial charge is 0.464 e. The first-order valence-electron chi connectivity index (χ1n) is 4.59. The number of hydrogen-bond donors (Lipinski definition) is 3. The van der Waals surface area contributed by atoms with Crippen LogP contribution in [-0.4, -0.2) is 35.8 Å². The summed E-state index contributed by atoms with van der Waals surface area (Å²) < 4.78 is 5.58. The molecule has 0 fully saturated rings. The van der Waals surface area contributed by atoms with Crippen molar-refractivity contribution >= 4 is 40.5 Å². The van der Waals surface area contributed by atoms with E-state index in [1.165, 1.54) is 7.11 Å². The molecule has 89 valence electrons. The molecule has 0 spiro atoms. The number of carbonyl (C=O) groups is 1. The molecule has 1 heterocycles. The van der Waals surface area contributed by atoms with Gasteiger partial charge in [-0.2, -0.15) is 0 Å². The molecule has 3 N–H and O–H groups in total. The Morgan fingerprint density at radius 1 is 1.47 bits per heavy atom. The monoisotopic (exact) mass is 298 g/mol. The van der Waals surface area contributed by atoms with E-state index in [-0.39, 0.29) is 13.7 Å². The predicted molar refractivity (Wildman–Crippen MR) is 67.5 cm³/mol. The number of hydrogen-bond acceptors (Lipinski definition) is 4. The van der Waals surface area contributed by atoms with Crippen LogP contribution in [0.2, 0.25) is 0 Å². The van der Waals surface area contributed by atoms with E-state index in [1.54, 1.807) is 6.07 Å². The Labute approximate surface area is 107 Å². The van der Waals surface area contributed by atoms with E-state index in [2.05, 4.69) is 25.7 Å². The van der Waals surface area contributed by atoms with Gasteiger partial charge in [-0.1, -0.05) is 22.0 Å². The Bertz CT molecular complexity index is 514. The quantitative estimate of drug-likeness (QED) is 0.546. The molecule has 0 aliphatic carbocycles. The van der Waals surface area contributed by atoms with E-state index < -0.39 is 0 Å². The fourth-order valence-corrected chi connectivity index (χ4v) is 1.82. The van der Waals surface area contributed by atoms with Crippen LogP contribution in [0.3, 0.4) is 0 Å². The lowest BCUT2D eigenvalue weighted by Crippen LogP contribution is -2.00. The maximum absolute atomic E-state index is 11.2. The number of aromatic amines is 1. The van der Waals surface area contributed by atoms with Gasteiger partial charge >= 0.3 is 13.7 Å². The third-order valence-corrected chi connectivity index (χ3v) is 2.71. The van der Waals surface area contributed by atoms with Crippen LogP contribution in [0.5, 0.6) is 0 Å². The van der Waals surface area contributed by atoms with Gasteiger partial charge in [0.1, 0.15) is 5.69 Å². The normalized spacial score (nSPS) is 9.41. The minimum Gasteiger partial charge on any atom is -0.464 e. The molecule has 0 bridgehead atoms. The summed E-state index contributed by atoms with van der Waals surface area (Å²) in [6.45, 7) is 0. The van der Waals surface area contributed by atoms with Gasteiger partial charge in [0.2, 0.25) is 0 Å². The highest BCUT2D eigenvalue weighted by atomic mass is 79.9. The summed E-state index contributed by atoms with van der Waals surface area (Å²) in [6, 6.07) is 7.51. The lowest BCUT2D eigenvalue weighted by Gasteiger charge is -1.91. The van der Waals surface area contributed by atoms with Gasteiger partial charge in [-0.15, -0.1) is 0 Å². The maximum Gasteiger partial charge on any atom is 0.482 e. The van der Waals surface area contributed by atoms with Crippen molar-refractivity contribution in [3.05, 3.63) is 34.4 Å². The van der Waals surface area contributed by atoms with Gasteiger partial charge in [0.05, 0.1) is 7.11 Å². The number of halogens is 1. The highest BCUT2D eigenvalue weighted by Gasteiger charge is 2.10. The zero-order chi connectivity index (χ0) is 12.8. The molecule has 1 aromatic heterocycles. The van der Waals surface area contributed by atoms with Crippen LogP contribution in [0.15, 0.2) is 28.7 Å². The number of esters is 1. The van der Waals surface area contributed by atoms with Gasteiger partial charge in [0.15, 0.2) is 0 Å². The lowest BCUT2D eigenvalue weighted by atomic mass is 10.2. The van der Waals surface area contributed by atoms with Crippen molar-refractivity contribution in [3.63, 3.8) is 0 Å². The SMILES string of the molecule is COC(=O)c1cc2c(Br)cccc2[nH]1.O[B]O. The van der Waals surface area contributed by atoms with Gasteiger partial charge in [0.25, 0.3) is 0 Å². The average Bonchev–Trinajstić information content (AvgIpc) is 2.74. The van der Waals surface area contributed by atoms with E-state index in [0.29, 0.717) is 5.69 Å². The Morgan fingerprint density at radius 3 is 2.65 bits per heavy atom. The Kier molecular flexibility index (Phi) is 5.21. The summed E-state index contributed by atoms with van der Waals surface area (Å²) >= 11 is 3.41. The molecule has 1 radical (unpaired) electrons. The Hall–Kier alpha value is -1.31. The van der Waals surface area contributed by atoms with E-state index >= 15 is 0 Å².